The quantitative estimate of drug-likeness (QED) is 0.203. The fourth-order valence-electron chi connectivity index (χ4n) is 4.40. The Morgan fingerprint density at radius 2 is 1.58 bits per heavy atom. The van der Waals surface area contributed by atoms with Crippen molar-refractivity contribution in [2.75, 3.05) is 6.61 Å². The molecule has 1 aliphatic rings. The van der Waals surface area contributed by atoms with Crippen LogP contribution in [0.15, 0.2) is 42.5 Å². The molecular formula is C28H36O5. The number of rotatable bonds is 13. The minimum atomic E-state index is -1.01. The van der Waals surface area contributed by atoms with Crippen LogP contribution in [0, 0.1) is 0 Å². The van der Waals surface area contributed by atoms with Crippen molar-refractivity contribution in [1.82, 2.24) is 0 Å². The SMILES string of the molecule is CCCCCCCCCCOc1ccc2c(c1)CCCC2C(=O)Oc1ccc(C(=O)O)cc1. The molecule has 0 radical (unpaired) electrons. The highest BCUT2D eigenvalue weighted by Crippen LogP contribution is 2.35. The number of benzene rings is 2. The number of hydrogen-bond donors (Lipinski definition) is 1. The minimum Gasteiger partial charge on any atom is -0.494 e. The molecule has 178 valence electrons. The Kier molecular flexibility index (Phi) is 9.79. The van der Waals surface area contributed by atoms with Crippen LogP contribution in [0.5, 0.6) is 11.5 Å². The molecule has 0 saturated carbocycles. The van der Waals surface area contributed by atoms with Gasteiger partial charge in [0, 0.05) is 0 Å². The molecular weight excluding hydrogens is 416 g/mol. The normalized spacial score (nSPS) is 15.0. The number of carbonyl (C=O) groups is 2. The first-order valence-corrected chi connectivity index (χ1v) is 12.4. The maximum atomic E-state index is 12.8. The summed E-state index contributed by atoms with van der Waals surface area (Å²) in [5.74, 6) is -0.381. The van der Waals surface area contributed by atoms with Crippen molar-refractivity contribution in [2.24, 2.45) is 0 Å². The number of esters is 1. The number of hydrogen-bond acceptors (Lipinski definition) is 4. The van der Waals surface area contributed by atoms with Gasteiger partial charge < -0.3 is 14.6 Å². The summed E-state index contributed by atoms with van der Waals surface area (Å²) in [5, 5.41) is 9.00. The van der Waals surface area contributed by atoms with E-state index in [1.807, 2.05) is 12.1 Å². The van der Waals surface area contributed by atoms with Gasteiger partial charge in [0.1, 0.15) is 11.5 Å². The predicted molar refractivity (Wildman–Crippen MR) is 129 cm³/mol. The first-order valence-electron chi connectivity index (χ1n) is 12.4. The number of unbranched alkanes of at least 4 members (excludes halogenated alkanes) is 7. The van der Waals surface area contributed by atoms with E-state index in [0.717, 1.165) is 49.2 Å². The average molecular weight is 453 g/mol. The third-order valence-electron chi connectivity index (χ3n) is 6.30. The van der Waals surface area contributed by atoms with E-state index in [1.165, 1.54) is 69.2 Å². The summed E-state index contributed by atoms with van der Waals surface area (Å²) in [6, 6.07) is 11.9. The van der Waals surface area contributed by atoms with Crippen LogP contribution < -0.4 is 9.47 Å². The Balaban J connectivity index is 1.48. The molecule has 0 saturated heterocycles. The van der Waals surface area contributed by atoms with Gasteiger partial charge in [-0.25, -0.2) is 4.79 Å². The molecule has 1 aliphatic carbocycles. The Morgan fingerprint density at radius 1 is 0.909 bits per heavy atom. The Bertz CT molecular complexity index is 903. The van der Waals surface area contributed by atoms with Crippen LogP contribution in [0.1, 0.15) is 98.5 Å². The maximum absolute atomic E-state index is 12.8. The zero-order valence-electron chi connectivity index (χ0n) is 19.7. The summed E-state index contributed by atoms with van der Waals surface area (Å²) >= 11 is 0. The Morgan fingerprint density at radius 3 is 2.27 bits per heavy atom. The van der Waals surface area contributed by atoms with Crippen molar-refractivity contribution in [1.29, 1.82) is 0 Å². The molecule has 0 spiro atoms. The molecule has 2 aromatic carbocycles. The molecule has 2 aromatic rings. The summed E-state index contributed by atoms with van der Waals surface area (Å²) in [5.41, 5.74) is 2.32. The highest BCUT2D eigenvalue weighted by atomic mass is 16.5. The highest BCUT2D eigenvalue weighted by Gasteiger charge is 2.28. The molecule has 0 aliphatic heterocycles. The first kappa shape index (κ1) is 24.8. The lowest BCUT2D eigenvalue weighted by Gasteiger charge is -2.24. The fourth-order valence-corrected chi connectivity index (χ4v) is 4.40. The van der Waals surface area contributed by atoms with Crippen LogP contribution in [0.25, 0.3) is 0 Å². The van der Waals surface area contributed by atoms with Crippen molar-refractivity contribution in [2.45, 2.75) is 83.5 Å². The lowest BCUT2D eigenvalue weighted by atomic mass is 9.83. The number of carboxylic acids is 1. The topological polar surface area (TPSA) is 72.8 Å². The van der Waals surface area contributed by atoms with Crippen molar-refractivity contribution in [3.05, 3.63) is 59.2 Å². The molecule has 5 nitrogen and oxygen atoms in total. The number of fused-ring (bicyclic) bond motifs is 1. The van der Waals surface area contributed by atoms with Crippen LogP contribution in [-0.4, -0.2) is 23.7 Å². The van der Waals surface area contributed by atoms with E-state index in [4.69, 9.17) is 14.6 Å². The summed E-state index contributed by atoms with van der Waals surface area (Å²) < 4.78 is 11.5. The van der Waals surface area contributed by atoms with E-state index in [1.54, 1.807) is 0 Å². The van der Waals surface area contributed by atoms with Gasteiger partial charge in [-0.2, -0.15) is 0 Å². The van der Waals surface area contributed by atoms with Gasteiger partial charge in [-0.3, -0.25) is 4.79 Å². The molecule has 0 aromatic heterocycles. The number of carboxylic acid groups (broad SMARTS) is 1. The van der Waals surface area contributed by atoms with Crippen molar-refractivity contribution in [3.8, 4) is 11.5 Å². The van der Waals surface area contributed by atoms with Gasteiger partial charge in [-0.15, -0.1) is 0 Å². The third kappa shape index (κ3) is 7.62. The molecule has 1 N–H and O–H groups in total. The second kappa shape index (κ2) is 13.0. The van der Waals surface area contributed by atoms with Gasteiger partial charge >= 0.3 is 11.9 Å². The van der Waals surface area contributed by atoms with Crippen LogP contribution in [0.2, 0.25) is 0 Å². The summed E-state index contributed by atoms with van der Waals surface area (Å²) in [6.07, 6.45) is 12.8. The largest absolute Gasteiger partial charge is 0.494 e. The van der Waals surface area contributed by atoms with E-state index in [9.17, 15) is 9.59 Å². The monoisotopic (exact) mass is 452 g/mol. The number of ether oxygens (including phenoxy) is 2. The van der Waals surface area contributed by atoms with E-state index in [2.05, 4.69) is 13.0 Å². The summed E-state index contributed by atoms with van der Waals surface area (Å²) in [7, 11) is 0. The lowest BCUT2D eigenvalue weighted by molar-refractivity contribution is -0.136. The molecule has 1 atom stereocenters. The number of aromatic carboxylic acids is 1. The fraction of sp³-hybridized carbons (Fsp3) is 0.500. The van der Waals surface area contributed by atoms with E-state index in [0.29, 0.717) is 5.75 Å². The van der Waals surface area contributed by atoms with Gasteiger partial charge in [0.25, 0.3) is 0 Å². The molecule has 5 heteroatoms. The first-order chi connectivity index (χ1) is 16.1. The average Bonchev–Trinajstić information content (AvgIpc) is 2.82. The second-order valence-electron chi connectivity index (χ2n) is 8.88. The van der Waals surface area contributed by atoms with E-state index < -0.39 is 5.97 Å². The van der Waals surface area contributed by atoms with Gasteiger partial charge in [0.2, 0.25) is 0 Å². The molecule has 0 fully saturated rings. The summed E-state index contributed by atoms with van der Waals surface area (Å²) in [4.78, 5) is 23.8. The van der Waals surface area contributed by atoms with Gasteiger partial charge in [0.05, 0.1) is 18.1 Å². The molecule has 0 bridgehead atoms. The van der Waals surface area contributed by atoms with Gasteiger partial charge in [0.15, 0.2) is 0 Å². The molecule has 1 unspecified atom stereocenters. The number of aryl methyl sites for hydroxylation is 1. The Hall–Kier alpha value is -2.82. The zero-order valence-corrected chi connectivity index (χ0v) is 19.7. The molecule has 0 heterocycles. The van der Waals surface area contributed by atoms with E-state index in [-0.39, 0.29) is 17.5 Å². The third-order valence-corrected chi connectivity index (χ3v) is 6.30. The van der Waals surface area contributed by atoms with Crippen molar-refractivity contribution in [3.63, 3.8) is 0 Å². The highest BCUT2D eigenvalue weighted by molar-refractivity contribution is 5.88. The summed E-state index contributed by atoms with van der Waals surface area (Å²) in [6.45, 7) is 2.97. The second-order valence-corrected chi connectivity index (χ2v) is 8.88. The van der Waals surface area contributed by atoms with Crippen molar-refractivity contribution < 1.29 is 24.2 Å². The maximum Gasteiger partial charge on any atom is 0.335 e. The van der Waals surface area contributed by atoms with Crippen molar-refractivity contribution >= 4 is 11.9 Å². The van der Waals surface area contributed by atoms with Gasteiger partial charge in [-0.05, 0) is 73.2 Å². The predicted octanol–water partition coefficient (Wildman–Crippen LogP) is 6.93. The standard InChI is InChI=1S/C28H36O5/c1-2-3-4-5-6-7-8-9-19-32-24-17-18-25-22(20-24)11-10-12-26(25)28(31)33-23-15-13-21(14-16-23)27(29)30/h13-18,20,26H,2-12,19H2,1H3,(H,29,30). The number of carbonyl (C=O) groups excluding carboxylic acids is 1. The van der Waals surface area contributed by atoms with Crippen LogP contribution in [0.4, 0.5) is 0 Å². The zero-order chi connectivity index (χ0) is 23.5. The van der Waals surface area contributed by atoms with Gasteiger partial charge in [-0.1, -0.05) is 57.9 Å². The van der Waals surface area contributed by atoms with Crippen LogP contribution in [0.3, 0.4) is 0 Å². The molecule has 0 amide bonds. The smallest absolute Gasteiger partial charge is 0.335 e. The lowest BCUT2D eigenvalue weighted by Crippen LogP contribution is -2.23. The Labute approximate surface area is 197 Å². The van der Waals surface area contributed by atoms with E-state index >= 15 is 0 Å². The molecule has 3 rings (SSSR count). The minimum absolute atomic E-state index is 0.164. The molecule has 33 heavy (non-hydrogen) atoms. The van der Waals surface area contributed by atoms with Crippen LogP contribution >= 0.6 is 0 Å². The van der Waals surface area contributed by atoms with Crippen LogP contribution in [-0.2, 0) is 11.2 Å².